The van der Waals surface area contributed by atoms with Crippen LogP contribution in [0.25, 0.3) is 68.6 Å². The van der Waals surface area contributed by atoms with Gasteiger partial charge in [-0.1, -0.05) is 216 Å². The normalized spacial score (nSPS) is 12.5. The molecule has 0 aliphatic heterocycles. The Bertz CT molecular complexity index is 3930. The molecule has 0 fully saturated rings. The average Bonchev–Trinajstić information content (AvgIpc) is 0.848. The van der Waals surface area contributed by atoms with Crippen molar-refractivity contribution in [2.24, 2.45) is 0 Å². The zero-order valence-corrected chi connectivity index (χ0v) is 54.9. The first-order valence-corrected chi connectivity index (χ1v) is 30.2. The van der Waals surface area contributed by atoms with Gasteiger partial charge in [0.15, 0.2) is 33.5 Å². The molecule has 4 aromatic heterocycles. The summed E-state index contributed by atoms with van der Waals surface area (Å²) in [6.45, 7) is 37.0. The van der Waals surface area contributed by atoms with Gasteiger partial charge in [0.25, 0.3) is 0 Å². The molecule has 0 N–H and O–H groups in total. The van der Waals surface area contributed by atoms with Gasteiger partial charge in [-0.15, -0.1) is 15.0 Å². The fourth-order valence-corrected chi connectivity index (χ4v) is 8.98. The van der Waals surface area contributed by atoms with E-state index >= 15 is 0 Å². The minimum absolute atomic E-state index is 0.100. The summed E-state index contributed by atoms with van der Waals surface area (Å²) in [7, 11) is 0. The lowest BCUT2D eigenvalue weighted by atomic mass is 9.87. The monoisotopic (exact) mass is 1220 g/mol. The van der Waals surface area contributed by atoms with Gasteiger partial charge in [0.2, 0.25) is 17.2 Å². The fourth-order valence-electron chi connectivity index (χ4n) is 8.98. The van der Waals surface area contributed by atoms with E-state index < -0.39 is 32.5 Å². The smallest absolute Gasteiger partial charge is 0.328 e. The molecule has 18 heteroatoms. The van der Waals surface area contributed by atoms with E-state index in [2.05, 4.69) is 62.3 Å². The molecule has 0 saturated heterocycles. The molecule has 6 aromatic carbocycles. The van der Waals surface area contributed by atoms with Crippen molar-refractivity contribution in [1.82, 2.24) is 44.9 Å². The quantitative estimate of drug-likeness (QED) is 0.131. The molecular weight excluding hydrogens is 1130 g/mol. The Hall–Kier alpha value is -9.45. The van der Waals surface area contributed by atoms with Crippen LogP contribution in [0, 0.1) is 0 Å². The molecule has 90 heavy (non-hydrogen) atoms. The predicted molar refractivity (Wildman–Crippen MR) is 349 cm³/mol. The molecule has 0 atom stereocenters. The molecule has 10 aromatic rings. The highest BCUT2D eigenvalue weighted by atomic mass is 16.5. The van der Waals surface area contributed by atoms with Crippen LogP contribution in [0.2, 0.25) is 0 Å². The fraction of sp³-hybridized carbons (Fsp3) is 0.375. The maximum absolute atomic E-state index is 6.96. The molecule has 0 amide bonds. The van der Waals surface area contributed by atoms with Crippen LogP contribution in [0.3, 0.4) is 0 Å². The zero-order valence-electron chi connectivity index (χ0n) is 54.9. The summed E-state index contributed by atoms with van der Waals surface area (Å²) in [5, 5.41) is 0. The maximum Gasteiger partial charge on any atom is 0.328 e. The molecule has 12 bridgehead atoms. The predicted octanol–water partition coefficient (Wildman–Crippen LogP) is 18.3. The minimum atomic E-state index is -0.653. The first kappa shape index (κ1) is 63.6. The molecule has 18 nitrogen and oxygen atoms in total. The van der Waals surface area contributed by atoms with E-state index in [0.717, 1.165) is 33.4 Å². The summed E-state index contributed by atoms with van der Waals surface area (Å²) < 4.78 is 62.3. The maximum atomic E-state index is 6.96. The molecule has 0 radical (unpaired) electrons. The van der Waals surface area contributed by atoms with Crippen molar-refractivity contribution in [3.8, 4) is 17.2 Å². The highest BCUT2D eigenvalue weighted by Gasteiger charge is 2.27. The van der Waals surface area contributed by atoms with Gasteiger partial charge in [-0.2, -0.15) is 29.9 Å². The number of nitrogens with zero attached hydrogens (tertiary/aromatic N) is 9. The number of hydrogen-bond donors (Lipinski definition) is 0. The Balaban J connectivity index is 1.47. The van der Waals surface area contributed by atoms with Crippen LogP contribution in [-0.4, -0.2) is 44.9 Å². The van der Waals surface area contributed by atoms with Crippen LogP contribution in [0.1, 0.15) is 175 Å². The highest BCUT2D eigenvalue weighted by Crippen LogP contribution is 2.39. The lowest BCUT2D eigenvalue weighted by molar-refractivity contribution is 0.302. The van der Waals surface area contributed by atoms with E-state index in [-0.39, 0.29) is 106 Å². The first-order chi connectivity index (χ1) is 42.3. The van der Waals surface area contributed by atoms with Gasteiger partial charge in [-0.25, -0.2) is 0 Å². The van der Waals surface area contributed by atoms with E-state index in [1.807, 2.05) is 190 Å². The van der Waals surface area contributed by atoms with Crippen molar-refractivity contribution in [1.29, 1.82) is 0 Å². The number of rotatable bonds is 9. The highest BCUT2D eigenvalue weighted by molar-refractivity contribution is 5.77. The van der Waals surface area contributed by atoms with E-state index in [9.17, 15) is 0 Å². The van der Waals surface area contributed by atoms with Crippen LogP contribution in [-0.2, 0) is 52.3 Å². The van der Waals surface area contributed by atoms with Crippen LogP contribution in [0.5, 0.6) is 17.2 Å². The number of ether oxygens (including phenoxy) is 3. The lowest BCUT2D eigenvalue weighted by Crippen LogP contribution is -2.16. The molecule has 0 unspecified atom stereocenters. The van der Waals surface area contributed by atoms with Crippen LogP contribution >= 0.6 is 0 Å². The molecule has 0 spiro atoms. The second-order valence-electron chi connectivity index (χ2n) is 28.5. The zero-order chi connectivity index (χ0) is 64.6. The second kappa shape index (κ2) is 24.8. The largest absolute Gasteiger partial charge is 0.482 e. The van der Waals surface area contributed by atoms with Gasteiger partial charge >= 0.3 is 35.1 Å². The van der Waals surface area contributed by atoms with Crippen molar-refractivity contribution < 1.29 is 40.7 Å². The molecule has 4 heterocycles. The lowest BCUT2D eigenvalue weighted by Gasteiger charge is -2.20. The first-order valence-electron chi connectivity index (χ1n) is 30.2. The number of aromatic nitrogens is 9. The average molecular weight is 1220 g/mol. The Morgan fingerprint density at radius 1 is 0.256 bits per heavy atom. The Morgan fingerprint density at radius 2 is 0.444 bits per heavy atom. The van der Waals surface area contributed by atoms with Gasteiger partial charge < -0.3 is 40.7 Å². The van der Waals surface area contributed by atoms with E-state index in [1.54, 1.807) is 0 Å². The van der Waals surface area contributed by atoms with Crippen LogP contribution in [0.15, 0.2) is 154 Å². The third kappa shape index (κ3) is 15.7. The summed E-state index contributed by atoms with van der Waals surface area (Å²) in [4.78, 5) is 44.4. The molecular formula is C72H81N9O9. The summed E-state index contributed by atoms with van der Waals surface area (Å²) in [6.07, 6.45) is 0. The molecule has 0 aliphatic carbocycles. The number of hydrogen-bond acceptors (Lipinski definition) is 18. The van der Waals surface area contributed by atoms with Crippen molar-refractivity contribution in [2.45, 2.75) is 177 Å². The van der Waals surface area contributed by atoms with E-state index in [4.69, 9.17) is 85.6 Å². The Kier molecular flexibility index (Phi) is 17.5. The SMILES string of the molecule is CC(C)(C)c1cc2oc3nc(C(C)(C)C)nc(n3)oc3cc(C(C)(C)C)cc(oc4nc(C(C)(C)C)nc(n4)oc4cc(C(C)(C)C)cc(oc5nc(C(C)(C)C)nc(n5)oc(c1)c2OCc1ccccc1)c4OCc1ccccc1)c3OCc1ccccc1. The van der Waals surface area contributed by atoms with Crippen molar-refractivity contribution in [2.75, 3.05) is 0 Å². The summed E-state index contributed by atoms with van der Waals surface area (Å²) >= 11 is 0. The molecule has 0 aliphatic rings. The summed E-state index contributed by atoms with van der Waals surface area (Å²) in [6, 6.07) is 40.7. The van der Waals surface area contributed by atoms with Gasteiger partial charge in [-0.3, -0.25) is 0 Å². The topological polar surface area (TPSA) is 223 Å². The van der Waals surface area contributed by atoms with E-state index in [1.165, 1.54) is 0 Å². The van der Waals surface area contributed by atoms with E-state index in [0.29, 0.717) is 17.5 Å². The second-order valence-corrected chi connectivity index (χ2v) is 28.5. The van der Waals surface area contributed by atoms with Gasteiger partial charge in [-0.05, 0) is 86.0 Å². The van der Waals surface area contributed by atoms with Gasteiger partial charge in [0.1, 0.15) is 37.3 Å². The van der Waals surface area contributed by atoms with Crippen LogP contribution < -0.4 is 14.2 Å². The summed E-state index contributed by atoms with van der Waals surface area (Å²) in [5.74, 6) is 1.08. The van der Waals surface area contributed by atoms with Gasteiger partial charge in [0, 0.05) is 16.2 Å². The minimum Gasteiger partial charge on any atom is -0.482 e. The Morgan fingerprint density at radius 3 is 0.611 bits per heavy atom. The number of fused-ring (bicyclic) bond motifs is 12. The van der Waals surface area contributed by atoms with Crippen molar-refractivity contribution in [3.05, 3.63) is 178 Å². The standard InChI is InChI=1S/C72H81N9O9/c1-67(2,3)46-34-49-55(82-40-43-28-22-19-23-29-43)50(35-46)86-62-74-59(71(13,14)15)76-64(80-62)88-52-37-48(69(7,8)9)39-54(57(52)84-42-45-32-26-21-27-33-45)90-66-78-60(72(16,17)18)77-65(81-66)89-53-38-47(68(4,5)6)36-51(56(53)83-41-44-30-24-20-25-31-44)87-63-75-58(70(10,11)12)73-61(79-63)85-49/h19-39H,40-42H2,1-18H3. The van der Waals surface area contributed by atoms with Crippen molar-refractivity contribution in [3.63, 3.8) is 0 Å². The van der Waals surface area contributed by atoms with Crippen LogP contribution in [0.4, 0.5) is 0 Å². The Labute approximate surface area is 524 Å². The van der Waals surface area contributed by atoms with Gasteiger partial charge in [0.05, 0.1) is 0 Å². The molecule has 468 valence electrons. The van der Waals surface area contributed by atoms with Crippen molar-refractivity contribution >= 4 is 68.6 Å². The third-order valence-corrected chi connectivity index (χ3v) is 14.3. The number of benzene rings is 6. The molecule has 0 saturated carbocycles. The molecule has 10 rings (SSSR count). The third-order valence-electron chi connectivity index (χ3n) is 14.3. The summed E-state index contributed by atoms with van der Waals surface area (Å²) in [5.41, 5.74) is 2.97.